The Kier molecular flexibility index (Phi) is 5.36. The summed E-state index contributed by atoms with van der Waals surface area (Å²) in [5.74, 6) is 1.14. The van der Waals surface area contributed by atoms with Crippen molar-refractivity contribution in [3.05, 3.63) is 36.4 Å². The van der Waals surface area contributed by atoms with Gasteiger partial charge in [0.15, 0.2) is 11.5 Å². The van der Waals surface area contributed by atoms with Crippen molar-refractivity contribution in [2.75, 3.05) is 20.8 Å². The number of benzene rings is 1. The van der Waals surface area contributed by atoms with Crippen molar-refractivity contribution in [1.29, 1.82) is 0 Å². The molecule has 1 unspecified atom stereocenters. The van der Waals surface area contributed by atoms with Gasteiger partial charge in [-0.2, -0.15) is 0 Å². The fraction of sp³-hybridized carbons (Fsp3) is 0.412. The number of allylic oxidation sites excluding steroid dienone is 1. The molecule has 0 aliphatic carbocycles. The van der Waals surface area contributed by atoms with Crippen LogP contribution >= 0.6 is 11.8 Å². The maximum absolute atomic E-state index is 12.5. The molecule has 0 aromatic heterocycles. The van der Waals surface area contributed by atoms with E-state index >= 15 is 0 Å². The van der Waals surface area contributed by atoms with Crippen LogP contribution in [0, 0.1) is 0 Å². The van der Waals surface area contributed by atoms with Crippen LogP contribution in [0.1, 0.15) is 18.9 Å². The minimum atomic E-state index is -0.726. The van der Waals surface area contributed by atoms with Crippen LogP contribution in [-0.2, 0) is 11.2 Å². The molecule has 1 heterocycles. The second kappa shape index (κ2) is 7.08. The van der Waals surface area contributed by atoms with Crippen LogP contribution in [0.2, 0.25) is 0 Å². The smallest absolute Gasteiger partial charge is 0.289 e. The van der Waals surface area contributed by atoms with Crippen LogP contribution in [0.5, 0.6) is 11.5 Å². The molecular formula is C17H21NO4S. The quantitative estimate of drug-likeness (QED) is 0.716. The zero-order valence-electron chi connectivity index (χ0n) is 13.6. The molecular weight excluding hydrogens is 314 g/mol. The van der Waals surface area contributed by atoms with Gasteiger partial charge in [-0.25, -0.2) is 0 Å². The Morgan fingerprint density at radius 2 is 1.96 bits per heavy atom. The summed E-state index contributed by atoms with van der Waals surface area (Å²) < 4.78 is 9.74. The number of carbonyl (C=O) groups is 2. The number of ether oxygens (including phenoxy) is 2. The third kappa shape index (κ3) is 3.52. The predicted octanol–water partition coefficient (Wildman–Crippen LogP) is 3.28. The van der Waals surface area contributed by atoms with Crippen molar-refractivity contribution >= 4 is 22.9 Å². The molecule has 1 fully saturated rings. The number of nitrogens with zero attached hydrogens (tertiary/aromatic N) is 1. The Hall–Kier alpha value is -1.95. The zero-order valence-corrected chi connectivity index (χ0v) is 14.4. The van der Waals surface area contributed by atoms with E-state index in [0.29, 0.717) is 30.9 Å². The van der Waals surface area contributed by atoms with Crippen LogP contribution in [0.25, 0.3) is 0 Å². The average Bonchev–Trinajstić information content (AvgIpc) is 2.75. The van der Waals surface area contributed by atoms with Gasteiger partial charge in [0.1, 0.15) is 4.75 Å². The van der Waals surface area contributed by atoms with E-state index in [9.17, 15) is 9.59 Å². The third-order valence-electron chi connectivity index (χ3n) is 3.84. The second-order valence-corrected chi connectivity index (χ2v) is 6.94. The van der Waals surface area contributed by atoms with Gasteiger partial charge >= 0.3 is 0 Å². The number of hydrogen-bond donors (Lipinski definition) is 0. The first kappa shape index (κ1) is 17.4. The number of amides is 2. The molecule has 1 atom stereocenters. The Morgan fingerprint density at radius 1 is 1.26 bits per heavy atom. The van der Waals surface area contributed by atoms with Gasteiger partial charge in [-0.3, -0.25) is 14.5 Å². The molecule has 2 rings (SSSR count). The van der Waals surface area contributed by atoms with Crippen LogP contribution in [0.3, 0.4) is 0 Å². The second-order valence-electron chi connectivity index (χ2n) is 5.49. The normalized spacial score (nSPS) is 20.7. The van der Waals surface area contributed by atoms with Crippen molar-refractivity contribution in [3.8, 4) is 11.5 Å². The van der Waals surface area contributed by atoms with Gasteiger partial charge in [-0.15, -0.1) is 6.58 Å². The number of rotatable bonds is 7. The first-order valence-electron chi connectivity index (χ1n) is 7.32. The maximum atomic E-state index is 12.5. The monoisotopic (exact) mass is 335 g/mol. The van der Waals surface area contributed by atoms with Crippen LogP contribution in [0.4, 0.5) is 4.79 Å². The summed E-state index contributed by atoms with van der Waals surface area (Å²) in [5, 5.41) is -0.195. The lowest BCUT2D eigenvalue weighted by Crippen LogP contribution is -2.38. The zero-order chi connectivity index (χ0) is 17.0. The van der Waals surface area contributed by atoms with Gasteiger partial charge in [-0.1, -0.05) is 12.1 Å². The van der Waals surface area contributed by atoms with Gasteiger partial charge in [0.2, 0.25) is 5.91 Å². The topological polar surface area (TPSA) is 55.8 Å². The minimum absolute atomic E-state index is 0.145. The highest BCUT2D eigenvalue weighted by Crippen LogP contribution is 2.40. The highest BCUT2D eigenvalue weighted by molar-refractivity contribution is 8.16. The van der Waals surface area contributed by atoms with Gasteiger partial charge in [0.05, 0.1) is 14.2 Å². The van der Waals surface area contributed by atoms with E-state index < -0.39 is 4.75 Å². The van der Waals surface area contributed by atoms with E-state index in [1.54, 1.807) is 27.2 Å². The van der Waals surface area contributed by atoms with Crippen molar-refractivity contribution in [3.63, 3.8) is 0 Å². The number of methoxy groups -OCH3 is 2. The maximum Gasteiger partial charge on any atom is 0.289 e. The first-order chi connectivity index (χ1) is 10.9. The molecule has 23 heavy (non-hydrogen) atoms. The lowest BCUT2D eigenvalue weighted by Gasteiger charge is -2.19. The fourth-order valence-electron chi connectivity index (χ4n) is 2.53. The first-order valence-corrected chi connectivity index (χ1v) is 8.13. The number of imide groups is 1. The molecule has 124 valence electrons. The lowest BCUT2D eigenvalue weighted by atomic mass is 10.1. The summed E-state index contributed by atoms with van der Waals surface area (Å²) in [6.45, 7) is 5.80. The van der Waals surface area contributed by atoms with E-state index in [4.69, 9.17) is 9.47 Å². The summed E-state index contributed by atoms with van der Waals surface area (Å²) in [5.41, 5.74) is 0.977. The Morgan fingerprint density at radius 3 is 2.57 bits per heavy atom. The number of carbonyl (C=O) groups excluding carboxylic acids is 2. The minimum Gasteiger partial charge on any atom is -0.493 e. The largest absolute Gasteiger partial charge is 0.493 e. The van der Waals surface area contributed by atoms with Gasteiger partial charge in [-0.05, 0) is 49.2 Å². The molecule has 6 heteroatoms. The molecule has 0 N–H and O–H groups in total. The lowest BCUT2D eigenvalue weighted by molar-refractivity contribution is -0.129. The fourth-order valence-corrected chi connectivity index (χ4v) is 3.60. The molecule has 1 saturated heterocycles. The van der Waals surface area contributed by atoms with E-state index in [1.807, 2.05) is 18.2 Å². The van der Waals surface area contributed by atoms with Crippen molar-refractivity contribution in [2.45, 2.75) is 24.5 Å². The Labute approximate surface area is 140 Å². The van der Waals surface area contributed by atoms with Gasteiger partial charge < -0.3 is 9.47 Å². The molecule has 1 aromatic carbocycles. The molecule has 1 aliphatic heterocycles. The Bertz CT molecular complexity index is 631. The van der Waals surface area contributed by atoms with E-state index in [0.717, 1.165) is 17.3 Å². The molecule has 0 saturated carbocycles. The van der Waals surface area contributed by atoms with E-state index in [2.05, 4.69) is 6.58 Å². The van der Waals surface area contributed by atoms with E-state index in [-0.39, 0.29) is 11.1 Å². The average molecular weight is 335 g/mol. The number of thioether (sulfide) groups is 1. The van der Waals surface area contributed by atoms with Crippen molar-refractivity contribution < 1.29 is 19.1 Å². The molecule has 5 nitrogen and oxygen atoms in total. The van der Waals surface area contributed by atoms with Gasteiger partial charge in [0, 0.05) is 6.54 Å². The van der Waals surface area contributed by atoms with Crippen molar-refractivity contribution in [1.82, 2.24) is 4.90 Å². The molecule has 0 bridgehead atoms. The highest BCUT2D eigenvalue weighted by atomic mass is 32.2. The molecule has 0 radical (unpaired) electrons. The predicted molar refractivity (Wildman–Crippen MR) is 91.2 cm³/mol. The van der Waals surface area contributed by atoms with Crippen LogP contribution in [-0.4, -0.2) is 41.6 Å². The van der Waals surface area contributed by atoms with Crippen LogP contribution < -0.4 is 9.47 Å². The standard InChI is InChI=1S/C17H21NO4S/c1-5-9-17(2)15(19)18(16(20)23-17)10-8-12-6-7-13(21-3)14(11-12)22-4/h5-7,11H,1,8-10H2,2-4H3. The van der Waals surface area contributed by atoms with Crippen LogP contribution in [0.15, 0.2) is 30.9 Å². The molecule has 1 aromatic rings. The summed E-state index contributed by atoms with van der Waals surface area (Å²) in [7, 11) is 3.16. The summed E-state index contributed by atoms with van der Waals surface area (Å²) in [4.78, 5) is 25.9. The molecule has 2 amide bonds. The van der Waals surface area contributed by atoms with Gasteiger partial charge in [0.25, 0.3) is 5.24 Å². The highest BCUT2D eigenvalue weighted by Gasteiger charge is 2.48. The summed E-state index contributed by atoms with van der Waals surface area (Å²) >= 11 is 1.08. The SMILES string of the molecule is C=CCC1(C)SC(=O)N(CCc2ccc(OC)c(OC)c2)C1=O. The number of hydrogen-bond acceptors (Lipinski definition) is 5. The molecule has 1 aliphatic rings. The van der Waals surface area contributed by atoms with E-state index in [1.165, 1.54) is 4.90 Å². The Balaban J connectivity index is 2.07. The molecule has 0 spiro atoms. The third-order valence-corrected chi connectivity index (χ3v) is 5.02. The summed E-state index contributed by atoms with van der Waals surface area (Å²) in [6, 6.07) is 5.58. The summed E-state index contributed by atoms with van der Waals surface area (Å²) in [6.07, 6.45) is 2.73. The van der Waals surface area contributed by atoms with Crippen molar-refractivity contribution in [2.24, 2.45) is 0 Å².